The van der Waals surface area contributed by atoms with Gasteiger partial charge in [0, 0.05) is 12.2 Å². The quantitative estimate of drug-likeness (QED) is 0.636. The summed E-state index contributed by atoms with van der Waals surface area (Å²) in [6.45, 7) is 0. The lowest BCUT2D eigenvalue weighted by Crippen LogP contribution is -2.29. The Bertz CT molecular complexity index is 716. The summed E-state index contributed by atoms with van der Waals surface area (Å²) >= 11 is 0. The van der Waals surface area contributed by atoms with Crippen molar-refractivity contribution in [2.45, 2.75) is 0 Å². The van der Waals surface area contributed by atoms with Crippen LogP contribution in [-0.4, -0.2) is 11.8 Å². The molecule has 0 aromatic heterocycles. The molecule has 1 heterocycles. The normalized spacial score (nSPS) is 14.4. The van der Waals surface area contributed by atoms with Gasteiger partial charge in [0.05, 0.1) is 17.1 Å². The average molecular weight is 277 g/mol. The van der Waals surface area contributed by atoms with Crippen LogP contribution in [0.25, 0.3) is 0 Å². The molecule has 1 aliphatic heterocycles. The summed E-state index contributed by atoms with van der Waals surface area (Å²) in [4.78, 5) is 24.2. The van der Waals surface area contributed by atoms with Crippen LogP contribution in [0.5, 0.6) is 0 Å². The summed E-state index contributed by atoms with van der Waals surface area (Å²) in [5, 5.41) is 8.20. The Hall–Kier alpha value is -3.08. The summed E-state index contributed by atoms with van der Waals surface area (Å²) in [5.74, 6) is -0.669. The van der Waals surface area contributed by atoms with Crippen molar-refractivity contribution in [2.24, 2.45) is 10.2 Å². The highest BCUT2D eigenvalue weighted by molar-refractivity contribution is 6.28. The zero-order valence-electron chi connectivity index (χ0n) is 11.0. The van der Waals surface area contributed by atoms with Gasteiger partial charge in [0.25, 0.3) is 11.8 Å². The fourth-order valence-electron chi connectivity index (χ4n) is 1.93. The van der Waals surface area contributed by atoms with Crippen LogP contribution in [0.15, 0.2) is 77.0 Å². The number of hydrogen-bond donors (Lipinski definition) is 0. The Balaban J connectivity index is 1.77. The summed E-state index contributed by atoms with van der Waals surface area (Å²) in [6.07, 6.45) is 2.51. The van der Waals surface area contributed by atoms with Crippen LogP contribution in [-0.2, 0) is 9.59 Å². The van der Waals surface area contributed by atoms with Gasteiger partial charge in [-0.15, -0.1) is 0 Å². The van der Waals surface area contributed by atoms with Gasteiger partial charge in [0.2, 0.25) is 0 Å². The first-order valence-electron chi connectivity index (χ1n) is 6.37. The van der Waals surface area contributed by atoms with Gasteiger partial charge in [-0.25, -0.2) is 4.90 Å². The van der Waals surface area contributed by atoms with Crippen LogP contribution < -0.4 is 4.90 Å². The molecule has 0 radical (unpaired) electrons. The number of carbonyl (C=O) groups is 2. The Morgan fingerprint density at radius 3 is 1.76 bits per heavy atom. The third-order valence-corrected chi connectivity index (χ3v) is 2.95. The minimum Gasteiger partial charge on any atom is -0.269 e. The molecule has 2 amide bonds. The Morgan fingerprint density at radius 2 is 1.19 bits per heavy atom. The van der Waals surface area contributed by atoms with E-state index >= 15 is 0 Å². The number of benzene rings is 2. The summed E-state index contributed by atoms with van der Waals surface area (Å²) < 4.78 is 0. The molecule has 0 bridgehead atoms. The van der Waals surface area contributed by atoms with Gasteiger partial charge >= 0.3 is 0 Å². The molecule has 0 N–H and O–H groups in total. The number of nitrogens with zero attached hydrogens (tertiary/aromatic N) is 3. The topological polar surface area (TPSA) is 62.1 Å². The lowest BCUT2D eigenvalue weighted by molar-refractivity contribution is -0.119. The highest BCUT2D eigenvalue weighted by Gasteiger charge is 2.24. The predicted octanol–water partition coefficient (Wildman–Crippen LogP) is 3.53. The van der Waals surface area contributed by atoms with Crippen LogP contribution in [0.3, 0.4) is 0 Å². The first kappa shape index (κ1) is 12.9. The van der Waals surface area contributed by atoms with Gasteiger partial charge in [0.15, 0.2) is 0 Å². The smallest absolute Gasteiger partial charge is 0.258 e. The number of amides is 2. The average Bonchev–Trinajstić information content (AvgIpc) is 2.86. The first-order valence-corrected chi connectivity index (χ1v) is 6.37. The SMILES string of the molecule is O=C1C=CC(=O)N1c1ccc(N=Nc2ccccc2)cc1. The van der Waals surface area contributed by atoms with Crippen LogP contribution in [0.4, 0.5) is 17.1 Å². The van der Waals surface area contributed by atoms with Crippen molar-refractivity contribution in [2.75, 3.05) is 4.90 Å². The minimum absolute atomic E-state index is 0.335. The number of carbonyl (C=O) groups excluding carboxylic acids is 2. The number of imide groups is 1. The highest BCUT2D eigenvalue weighted by Crippen LogP contribution is 2.24. The standard InChI is InChI=1S/C16H11N3O2/c20-15-10-11-16(21)19(15)14-8-6-13(7-9-14)18-17-12-4-2-1-3-5-12/h1-11H. The number of rotatable bonds is 3. The van der Waals surface area contributed by atoms with E-state index in [1.54, 1.807) is 24.3 Å². The molecule has 5 nitrogen and oxygen atoms in total. The second-order valence-corrected chi connectivity index (χ2v) is 4.40. The summed E-state index contributed by atoms with van der Waals surface area (Å²) in [7, 11) is 0. The van der Waals surface area contributed by atoms with Crippen molar-refractivity contribution in [1.29, 1.82) is 0 Å². The van der Waals surface area contributed by atoms with Gasteiger partial charge in [0.1, 0.15) is 0 Å². The van der Waals surface area contributed by atoms with Gasteiger partial charge < -0.3 is 0 Å². The van der Waals surface area contributed by atoms with Crippen LogP contribution in [0.2, 0.25) is 0 Å². The van der Waals surface area contributed by atoms with E-state index < -0.39 is 0 Å². The monoisotopic (exact) mass is 277 g/mol. The van der Waals surface area contributed by atoms with E-state index in [1.165, 1.54) is 12.2 Å². The van der Waals surface area contributed by atoms with E-state index in [1.807, 2.05) is 30.3 Å². The molecule has 0 spiro atoms. The van der Waals surface area contributed by atoms with Gasteiger partial charge in [-0.1, -0.05) is 18.2 Å². The van der Waals surface area contributed by atoms with Crippen molar-refractivity contribution in [3.63, 3.8) is 0 Å². The fraction of sp³-hybridized carbons (Fsp3) is 0. The zero-order chi connectivity index (χ0) is 14.7. The number of azo groups is 1. The van der Waals surface area contributed by atoms with Gasteiger partial charge in [-0.05, 0) is 36.4 Å². The third-order valence-electron chi connectivity index (χ3n) is 2.95. The van der Waals surface area contributed by atoms with E-state index in [2.05, 4.69) is 10.2 Å². The zero-order valence-corrected chi connectivity index (χ0v) is 11.0. The van der Waals surface area contributed by atoms with E-state index in [-0.39, 0.29) is 11.8 Å². The lowest BCUT2D eigenvalue weighted by atomic mass is 10.2. The Kier molecular flexibility index (Phi) is 3.39. The molecule has 21 heavy (non-hydrogen) atoms. The molecule has 0 aliphatic carbocycles. The molecule has 102 valence electrons. The maximum Gasteiger partial charge on any atom is 0.258 e. The van der Waals surface area contributed by atoms with Gasteiger partial charge in [-0.2, -0.15) is 10.2 Å². The van der Waals surface area contributed by atoms with Crippen molar-refractivity contribution >= 4 is 28.9 Å². The molecule has 2 aromatic rings. The van der Waals surface area contributed by atoms with Crippen LogP contribution >= 0.6 is 0 Å². The van der Waals surface area contributed by atoms with Crippen LogP contribution in [0, 0.1) is 0 Å². The first-order chi connectivity index (χ1) is 10.2. The third kappa shape index (κ3) is 2.76. The molecule has 0 unspecified atom stereocenters. The Labute approximate surface area is 121 Å². The summed E-state index contributed by atoms with van der Waals surface area (Å²) in [5.41, 5.74) is 1.93. The molecule has 0 atom stereocenters. The molecule has 0 fully saturated rings. The van der Waals surface area contributed by atoms with Crippen molar-refractivity contribution < 1.29 is 9.59 Å². The van der Waals surface area contributed by atoms with Crippen molar-refractivity contribution in [1.82, 2.24) is 0 Å². The van der Waals surface area contributed by atoms with Crippen molar-refractivity contribution in [3.8, 4) is 0 Å². The van der Waals surface area contributed by atoms with Crippen molar-refractivity contribution in [3.05, 3.63) is 66.7 Å². The van der Waals surface area contributed by atoms with E-state index in [9.17, 15) is 9.59 Å². The van der Waals surface area contributed by atoms with E-state index in [4.69, 9.17) is 0 Å². The summed E-state index contributed by atoms with van der Waals surface area (Å²) in [6, 6.07) is 16.1. The molecule has 1 aliphatic rings. The number of hydrogen-bond acceptors (Lipinski definition) is 4. The second kappa shape index (κ2) is 5.50. The molecular formula is C16H11N3O2. The van der Waals surface area contributed by atoms with Crippen LogP contribution in [0.1, 0.15) is 0 Å². The fourth-order valence-corrected chi connectivity index (χ4v) is 1.93. The van der Waals surface area contributed by atoms with E-state index in [0.29, 0.717) is 11.4 Å². The lowest BCUT2D eigenvalue weighted by Gasteiger charge is -2.13. The highest BCUT2D eigenvalue weighted by atomic mass is 16.2. The largest absolute Gasteiger partial charge is 0.269 e. The van der Waals surface area contributed by atoms with Gasteiger partial charge in [-0.3, -0.25) is 9.59 Å². The second-order valence-electron chi connectivity index (χ2n) is 4.40. The maximum absolute atomic E-state index is 11.6. The molecular weight excluding hydrogens is 266 g/mol. The number of anilines is 1. The molecule has 3 rings (SSSR count). The molecule has 0 saturated heterocycles. The minimum atomic E-state index is -0.335. The molecule has 5 heteroatoms. The molecule has 0 saturated carbocycles. The van der Waals surface area contributed by atoms with E-state index in [0.717, 1.165) is 10.6 Å². The Morgan fingerprint density at radius 1 is 0.667 bits per heavy atom. The predicted molar refractivity (Wildman–Crippen MR) is 78.7 cm³/mol. The maximum atomic E-state index is 11.6. The molecule has 2 aromatic carbocycles.